The molecule has 0 bridgehead atoms. The zero-order valence-electron chi connectivity index (χ0n) is 6.71. The molecule has 0 aromatic heterocycles. The molecule has 0 heterocycles. The summed E-state index contributed by atoms with van der Waals surface area (Å²) in [4.78, 5) is 10.5. The molecule has 0 saturated carbocycles. The van der Waals surface area contributed by atoms with Crippen molar-refractivity contribution in [2.45, 2.75) is 18.4 Å². The van der Waals surface area contributed by atoms with Crippen molar-refractivity contribution in [1.29, 1.82) is 0 Å². The summed E-state index contributed by atoms with van der Waals surface area (Å²) in [6, 6.07) is 7.97. The molecule has 0 saturated heterocycles. The first-order valence-corrected chi connectivity index (χ1v) is 3.98. The highest BCUT2D eigenvalue weighted by Gasteiger charge is 2.33. The van der Waals surface area contributed by atoms with Crippen molar-refractivity contribution in [1.82, 2.24) is 0 Å². The van der Waals surface area contributed by atoms with Gasteiger partial charge in [0.25, 0.3) is 0 Å². The summed E-state index contributed by atoms with van der Waals surface area (Å²) in [5, 5.41) is 0. The van der Waals surface area contributed by atoms with Gasteiger partial charge in [0.15, 0.2) is 0 Å². The van der Waals surface area contributed by atoms with Crippen LogP contribution in [-0.2, 0) is 17.6 Å². The Balaban J connectivity index is 2.39. The number of nitrogens with two attached hydrogens (primary N) is 1. The van der Waals surface area contributed by atoms with E-state index in [9.17, 15) is 4.79 Å². The number of hydrogen-bond acceptors (Lipinski definition) is 2. The fraction of sp³-hybridized carbons (Fsp3) is 0.300. The molecule has 12 heavy (non-hydrogen) atoms. The van der Waals surface area contributed by atoms with Crippen LogP contribution in [-0.4, -0.2) is 11.8 Å². The molecule has 2 rings (SSSR count). The summed E-state index contributed by atoms with van der Waals surface area (Å²) in [5.41, 5.74) is 7.39. The predicted octanol–water partition coefficient (Wildman–Crippen LogP) is 0.592. The summed E-state index contributed by atoms with van der Waals surface area (Å²) in [7, 11) is 0. The van der Waals surface area contributed by atoms with Gasteiger partial charge in [0.2, 0.25) is 6.29 Å². The zero-order chi connectivity index (χ0) is 8.60. The number of carbonyl (C=O) groups excluding carboxylic acids is 1. The fourth-order valence-corrected chi connectivity index (χ4v) is 1.72. The lowest BCUT2D eigenvalue weighted by Gasteiger charge is -2.11. The maximum Gasteiger partial charge on any atom is 0.220 e. The van der Waals surface area contributed by atoms with Crippen molar-refractivity contribution in [2.24, 2.45) is 5.73 Å². The topological polar surface area (TPSA) is 43.1 Å². The number of fused-ring (bicyclic) bond motifs is 1. The second-order valence-corrected chi connectivity index (χ2v) is 3.38. The van der Waals surface area contributed by atoms with Gasteiger partial charge in [-0.3, -0.25) is 4.79 Å². The van der Waals surface area contributed by atoms with Crippen LogP contribution in [0, 0.1) is 0 Å². The lowest BCUT2D eigenvalue weighted by Crippen LogP contribution is -2.42. The largest absolute Gasteiger partial charge is 0.318 e. The minimum atomic E-state index is -0.760. The van der Waals surface area contributed by atoms with E-state index in [0.717, 1.165) is 0 Å². The summed E-state index contributed by atoms with van der Waals surface area (Å²) < 4.78 is 0. The highest BCUT2D eigenvalue weighted by atomic mass is 16.1. The van der Waals surface area contributed by atoms with Gasteiger partial charge in [-0.25, -0.2) is 0 Å². The first-order valence-electron chi connectivity index (χ1n) is 3.98. The quantitative estimate of drug-likeness (QED) is 0.653. The molecule has 2 N–H and O–H groups in total. The predicted molar refractivity (Wildman–Crippen MR) is 46.5 cm³/mol. The Morgan fingerprint density at radius 1 is 1.25 bits per heavy atom. The van der Waals surface area contributed by atoms with E-state index in [2.05, 4.69) is 0 Å². The first kappa shape index (κ1) is 7.50. The van der Waals surface area contributed by atoms with Gasteiger partial charge in [0, 0.05) is 0 Å². The molecule has 0 amide bonds. The highest BCUT2D eigenvalue weighted by Crippen LogP contribution is 2.26. The molecule has 0 fully saturated rings. The van der Waals surface area contributed by atoms with E-state index < -0.39 is 5.54 Å². The Morgan fingerprint density at radius 2 is 1.75 bits per heavy atom. The maximum atomic E-state index is 10.5. The molecular weight excluding hydrogens is 150 g/mol. The second-order valence-electron chi connectivity index (χ2n) is 3.38. The molecule has 2 heteroatoms. The van der Waals surface area contributed by atoms with Crippen LogP contribution in [0.4, 0.5) is 0 Å². The van der Waals surface area contributed by atoms with Gasteiger partial charge in [-0.1, -0.05) is 24.3 Å². The monoisotopic (exact) mass is 160 g/mol. The normalized spacial score (nSPS) is 18.8. The molecule has 1 aliphatic rings. The van der Waals surface area contributed by atoms with E-state index in [1.165, 1.54) is 11.1 Å². The van der Waals surface area contributed by atoms with Crippen molar-refractivity contribution in [2.75, 3.05) is 0 Å². The molecule has 0 unspecified atom stereocenters. The summed E-state index contributed by atoms with van der Waals surface area (Å²) >= 11 is 0. The summed E-state index contributed by atoms with van der Waals surface area (Å²) in [5.74, 6) is 0. The van der Waals surface area contributed by atoms with Crippen LogP contribution in [0.5, 0.6) is 0 Å². The van der Waals surface area contributed by atoms with E-state index in [1.54, 1.807) is 0 Å². The van der Waals surface area contributed by atoms with Crippen LogP contribution in [0.3, 0.4) is 0 Å². The van der Waals surface area contributed by atoms with Gasteiger partial charge in [-0.05, 0) is 24.0 Å². The van der Waals surface area contributed by atoms with Gasteiger partial charge in [-0.2, -0.15) is 0 Å². The number of benzene rings is 1. The second kappa shape index (κ2) is 2.42. The van der Waals surface area contributed by atoms with Crippen molar-refractivity contribution < 1.29 is 4.79 Å². The van der Waals surface area contributed by atoms with E-state index in [0.29, 0.717) is 12.8 Å². The van der Waals surface area contributed by atoms with Crippen molar-refractivity contribution >= 4 is 6.29 Å². The molecule has 2 nitrogen and oxygen atoms in total. The Bertz CT molecular complexity index is 294. The molecule has 0 atom stereocenters. The van der Waals surface area contributed by atoms with Crippen LogP contribution in [0.15, 0.2) is 24.3 Å². The van der Waals surface area contributed by atoms with Crippen LogP contribution < -0.4 is 5.73 Å². The third kappa shape index (κ3) is 1.04. The average molecular weight is 160 g/mol. The molecular formula is C10H10NO. The molecule has 0 aliphatic heterocycles. The van der Waals surface area contributed by atoms with Gasteiger partial charge in [0.1, 0.15) is 0 Å². The standard InChI is InChI=1S/C10H10NO/c11-10(7-12)5-8-3-1-2-4-9(8)6-10/h1-4H,5-6,11H2. The number of hydrogen-bond donors (Lipinski definition) is 1. The first-order chi connectivity index (χ1) is 5.73. The molecule has 1 aliphatic carbocycles. The maximum absolute atomic E-state index is 10.5. The zero-order valence-corrected chi connectivity index (χ0v) is 6.71. The lowest BCUT2D eigenvalue weighted by molar-refractivity contribution is 0.491. The van der Waals surface area contributed by atoms with Crippen LogP contribution in [0.1, 0.15) is 11.1 Å². The summed E-state index contributed by atoms with van der Waals surface area (Å²) in [6.07, 6.45) is 3.18. The lowest BCUT2D eigenvalue weighted by atomic mass is 10.00. The van der Waals surface area contributed by atoms with Gasteiger partial charge < -0.3 is 5.73 Å². The van der Waals surface area contributed by atoms with E-state index in [-0.39, 0.29) is 0 Å². The Labute approximate surface area is 71.4 Å². The average Bonchev–Trinajstić information content (AvgIpc) is 2.42. The van der Waals surface area contributed by atoms with Crippen molar-refractivity contribution in [3.63, 3.8) is 0 Å². The molecule has 0 spiro atoms. The van der Waals surface area contributed by atoms with Gasteiger partial charge >= 0.3 is 0 Å². The van der Waals surface area contributed by atoms with Gasteiger partial charge in [0.05, 0.1) is 5.54 Å². The summed E-state index contributed by atoms with van der Waals surface area (Å²) in [6.45, 7) is 0. The van der Waals surface area contributed by atoms with Crippen molar-refractivity contribution in [3.8, 4) is 0 Å². The smallest absolute Gasteiger partial charge is 0.220 e. The third-order valence-corrected chi connectivity index (χ3v) is 2.33. The molecule has 1 aromatic rings. The Kier molecular flexibility index (Phi) is 1.51. The Hall–Kier alpha value is -1.15. The number of rotatable bonds is 1. The Morgan fingerprint density at radius 3 is 2.17 bits per heavy atom. The van der Waals surface area contributed by atoms with E-state index >= 15 is 0 Å². The van der Waals surface area contributed by atoms with E-state index in [1.807, 2.05) is 30.6 Å². The van der Waals surface area contributed by atoms with Crippen LogP contribution >= 0.6 is 0 Å². The molecule has 61 valence electrons. The van der Waals surface area contributed by atoms with Gasteiger partial charge in [-0.15, -0.1) is 0 Å². The minimum absolute atomic E-state index is 0.632. The molecule has 1 aromatic carbocycles. The highest BCUT2D eigenvalue weighted by molar-refractivity contribution is 5.68. The van der Waals surface area contributed by atoms with Crippen molar-refractivity contribution in [3.05, 3.63) is 35.4 Å². The third-order valence-electron chi connectivity index (χ3n) is 2.33. The van der Waals surface area contributed by atoms with E-state index in [4.69, 9.17) is 5.73 Å². The molecule has 1 radical (unpaired) electrons. The van der Waals surface area contributed by atoms with Crippen LogP contribution in [0.2, 0.25) is 0 Å². The fourth-order valence-electron chi connectivity index (χ4n) is 1.72. The minimum Gasteiger partial charge on any atom is -0.318 e. The van der Waals surface area contributed by atoms with Crippen LogP contribution in [0.25, 0.3) is 0 Å². The SMILES string of the molecule is NC1([C]=O)Cc2ccccc2C1.